The molecule has 28 heavy (non-hydrogen) atoms. The molecule has 0 aliphatic heterocycles. The van der Waals surface area contributed by atoms with Crippen molar-refractivity contribution in [3.8, 4) is 0 Å². The summed E-state index contributed by atoms with van der Waals surface area (Å²) >= 11 is 0. The fraction of sp³-hybridized carbons (Fsp3) is 0.150. The van der Waals surface area contributed by atoms with Crippen molar-refractivity contribution in [1.29, 1.82) is 0 Å². The number of nitrogens with zero attached hydrogens (tertiary/aromatic N) is 3. The fourth-order valence-corrected chi connectivity index (χ4v) is 3.22. The zero-order valence-corrected chi connectivity index (χ0v) is 14.8. The summed E-state index contributed by atoms with van der Waals surface area (Å²) in [6.45, 7) is 0. The van der Waals surface area contributed by atoms with Gasteiger partial charge in [-0.15, -0.1) is 0 Å². The summed E-state index contributed by atoms with van der Waals surface area (Å²) in [6.07, 6.45) is -2.78. The van der Waals surface area contributed by atoms with E-state index in [0.29, 0.717) is 11.2 Å². The minimum absolute atomic E-state index is 0.0996. The Morgan fingerprint density at radius 3 is 2.71 bits per heavy atom. The van der Waals surface area contributed by atoms with Crippen molar-refractivity contribution in [1.82, 2.24) is 14.5 Å². The highest BCUT2D eigenvalue weighted by Gasteiger charge is 2.36. The molecule has 8 heteroatoms. The van der Waals surface area contributed by atoms with Crippen LogP contribution in [0.1, 0.15) is 11.4 Å². The smallest absolute Gasteiger partial charge is 0.326 e. The molecule has 0 radical (unpaired) electrons. The van der Waals surface area contributed by atoms with E-state index in [0.717, 1.165) is 21.0 Å². The second-order valence-corrected chi connectivity index (χ2v) is 6.41. The maximum absolute atomic E-state index is 13.0. The molecular formula is C20H15F3N4O. The van der Waals surface area contributed by atoms with Crippen LogP contribution in [0, 0.1) is 0 Å². The van der Waals surface area contributed by atoms with E-state index >= 15 is 0 Å². The van der Waals surface area contributed by atoms with E-state index in [1.165, 1.54) is 19.2 Å². The van der Waals surface area contributed by atoms with Crippen LogP contribution in [0.3, 0.4) is 0 Å². The first-order chi connectivity index (χ1) is 13.3. The van der Waals surface area contributed by atoms with Gasteiger partial charge in [0.2, 0.25) is 11.7 Å². The lowest BCUT2D eigenvalue weighted by molar-refractivity contribution is -0.146. The fourth-order valence-electron chi connectivity index (χ4n) is 3.22. The second kappa shape index (κ2) is 6.63. The number of fused-ring (bicyclic) bond motifs is 2. The maximum atomic E-state index is 13.0. The molecule has 5 nitrogen and oxygen atoms in total. The minimum Gasteiger partial charge on any atom is -0.326 e. The Kier molecular flexibility index (Phi) is 4.26. The Labute approximate surface area is 157 Å². The largest absolute Gasteiger partial charge is 0.449 e. The number of para-hydroxylation sites is 1. The zero-order chi connectivity index (χ0) is 19.9. The molecule has 0 fully saturated rings. The van der Waals surface area contributed by atoms with Gasteiger partial charge in [0.1, 0.15) is 0 Å². The SMILES string of the molecule is Cn1c(C(F)(F)F)nc2cc(NC(=O)Cc3cccc4cccnc34)ccc21. The Balaban J connectivity index is 1.58. The zero-order valence-electron chi connectivity index (χ0n) is 14.8. The summed E-state index contributed by atoms with van der Waals surface area (Å²) in [7, 11) is 1.31. The van der Waals surface area contributed by atoms with Crippen molar-refractivity contribution in [2.75, 3.05) is 5.32 Å². The number of benzene rings is 2. The maximum Gasteiger partial charge on any atom is 0.449 e. The van der Waals surface area contributed by atoms with Crippen LogP contribution >= 0.6 is 0 Å². The van der Waals surface area contributed by atoms with E-state index in [2.05, 4.69) is 15.3 Å². The number of halogens is 3. The van der Waals surface area contributed by atoms with Crippen LogP contribution in [0.5, 0.6) is 0 Å². The number of nitrogens with one attached hydrogen (secondary N) is 1. The first-order valence-electron chi connectivity index (χ1n) is 8.49. The van der Waals surface area contributed by atoms with Crippen molar-refractivity contribution in [3.63, 3.8) is 0 Å². The highest BCUT2D eigenvalue weighted by molar-refractivity contribution is 5.96. The Morgan fingerprint density at radius 1 is 1.14 bits per heavy atom. The highest BCUT2D eigenvalue weighted by Crippen LogP contribution is 2.31. The van der Waals surface area contributed by atoms with Gasteiger partial charge in [0.25, 0.3) is 0 Å². The van der Waals surface area contributed by atoms with Gasteiger partial charge in [-0.3, -0.25) is 9.78 Å². The average Bonchev–Trinajstić information content (AvgIpc) is 2.98. The van der Waals surface area contributed by atoms with Crippen LogP contribution in [0.25, 0.3) is 21.9 Å². The molecular weight excluding hydrogens is 369 g/mol. The number of carbonyl (C=O) groups excluding carboxylic acids is 1. The summed E-state index contributed by atoms with van der Waals surface area (Å²) in [5.41, 5.74) is 2.41. The number of amides is 1. The predicted octanol–water partition coefficient (Wildman–Crippen LogP) is 4.32. The first kappa shape index (κ1) is 18.0. The first-order valence-corrected chi connectivity index (χ1v) is 8.49. The van der Waals surface area contributed by atoms with Crippen molar-refractivity contribution < 1.29 is 18.0 Å². The lowest BCUT2D eigenvalue weighted by atomic mass is 10.1. The van der Waals surface area contributed by atoms with Gasteiger partial charge in [0.05, 0.1) is 23.0 Å². The van der Waals surface area contributed by atoms with Crippen molar-refractivity contribution in [3.05, 3.63) is 66.1 Å². The summed E-state index contributed by atoms with van der Waals surface area (Å²) in [5.74, 6) is -1.27. The van der Waals surface area contributed by atoms with E-state index in [9.17, 15) is 18.0 Å². The van der Waals surface area contributed by atoms with Crippen LogP contribution in [0.2, 0.25) is 0 Å². The van der Waals surface area contributed by atoms with Gasteiger partial charge in [-0.1, -0.05) is 24.3 Å². The number of hydrogen-bond donors (Lipinski definition) is 1. The van der Waals surface area contributed by atoms with Crippen LogP contribution < -0.4 is 5.32 Å². The normalized spacial score (nSPS) is 11.9. The number of rotatable bonds is 3. The van der Waals surface area contributed by atoms with Crippen LogP contribution in [0.15, 0.2) is 54.7 Å². The average molecular weight is 384 g/mol. The van der Waals surface area contributed by atoms with E-state index < -0.39 is 12.0 Å². The van der Waals surface area contributed by atoms with Crippen molar-refractivity contribution in [2.45, 2.75) is 12.6 Å². The standard InChI is InChI=1S/C20H15F3N4O/c1-27-16-8-7-14(11-15(16)26-19(27)20(21,22)23)25-17(28)10-13-5-2-4-12-6-3-9-24-18(12)13/h2-9,11H,10H2,1H3,(H,25,28). The summed E-state index contributed by atoms with van der Waals surface area (Å²) < 4.78 is 40.0. The number of pyridine rings is 1. The molecule has 0 atom stereocenters. The molecule has 142 valence electrons. The van der Waals surface area contributed by atoms with Crippen molar-refractivity contribution >= 4 is 33.5 Å². The molecule has 4 rings (SSSR count). The summed E-state index contributed by atoms with van der Waals surface area (Å²) in [4.78, 5) is 20.4. The van der Waals surface area contributed by atoms with E-state index in [-0.39, 0.29) is 17.8 Å². The van der Waals surface area contributed by atoms with Gasteiger partial charge in [-0.05, 0) is 29.8 Å². The second-order valence-electron chi connectivity index (χ2n) is 6.41. The van der Waals surface area contributed by atoms with Gasteiger partial charge in [-0.2, -0.15) is 13.2 Å². The van der Waals surface area contributed by atoms with Crippen LogP contribution in [0.4, 0.5) is 18.9 Å². The monoisotopic (exact) mass is 384 g/mol. The number of imidazole rings is 1. The molecule has 0 unspecified atom stereocenters. The molecule has 0 saturated heterocycles. The number of aromatic nitrogens is 3. The lowest BCUT2D eigenvalue weighted by Gasteiger charge is -2.08. The number of alkyl halides is 3. The molecule has 0 saturated carbocycles. The number of hydrogen-bond acceptors (Lipinski definition) is 3. The highest BCUT2D eigenvalue weighted by atomic mass is 19.4. The third kappa shape index (κ3) is 3.28. The van der Waals surface area contributed by atoms with Gasteiger partial charge < -0.3 is 9.88 Å². The summed E-state index contributed by atoms with van der Waals surface area (Å²) in [5, 5.41) is 3.65. The van der Waals surface area contributed by atoms with Gasteiger partial charge in [0, 0.05) is 24.3 Å². The molecule has 2 aromatic heterocycles. The van der Waals surface area contributed by atoms with Crippen LogP contribution in [-0.2, 0) is 24.4 Å². The summed E-state index contributed by atoms with van der Waals surface area (Å²) in [6, 6.07) is 13.8. The third-order valence-electron chi connectivity index (χ3n) is 4.49. The molecule has 1 amide bonds. The Hall–Kier alpha value is -3.42. The molecule has 2 aromatic carbocycles. The molecule has 1 N–H and O–H groups in total. The van der Waals surface area contributed by atoms with E-state index in [1.54, 1.807) is 12.3 Å². The third-order valence-corrected chi connectivity index (χ3v) is 4.49. The van der Waals surface area contributed by atoms with Crippen molar-refractivity contribution in [2.24, 2.45) is 7.05 Å². The molecule has 0 spiro atoms. The number of anilines is 1. The molecule has 0 aliphatic rings. The lowest BCUT2D eigenvalue weighted by Crippen LogP contribution is -2.14. The number of aryl methyl sites for hydroxylation is 1. The Morgan fingerprint density at radius 2 is 1.93 bits per heavy atom. The van der Waals surface area contributed by atoms with Gasteiger partial charge in [-0.25, -0.2) is 4.98 Å². The topological polar surface area (TPSA) is 59.8 Å². The van der Waals surface area contributed by atoms with Gasteiger partial charge >= 0.3 is 6.18 Å². The van der Waals surface area contributed by atoms with E-state index in [4.69, 9.17) is 0 Å². The van der Waals surface area contributed by atoms with E-state index in [1.807, 2.05) is 30.3 Å². The molecule has 2 heterocycles. The van der Waals surface area contributed by atoms with Gasteiger partial charge in [0.15, 0.2) is 0 Å². The Bertz CT molecular complexity index is 1190. The minimum atomic E-state index is -4.54. The predicted molar refractivity (Wildman–Crippen MR) is 99.8 cm³/mol. The molecule has 4 aromatic rings. The van der Waals surface area contributed by atoms with Crippen LogP contribution in [-0.4, -0.2) is 20.4 Å². The molecule has 0 aliphatic carbocycles. The number of carbonyl (C=O) groups is 1. The quantitative estimate of drug-likeness (QED) is 0.572. The molecule has 0 bridgehead atoms.